The summed E-state index contributed by atoms with van der Waals surface area (Å²) in [6, 6.07) is 12.8. The molecule has 0 aliphatic heterocycles. The molecule has 0 amide bonds. The van der Waals surface area contributed by atoms with Gasteiger partial charge in [0.1, 0.15) is 11.6 Å². The van der Waals surface area contributed by atoms with Gasteiger partial charge in [-0.25, -0.2) is 9.18 Å². The van der Waals surface area contributed by atoms with E-state index in [0.29, 0.717) is 33.9 Å². The Morgan fingerprint density at radius 3 is 2.71 bits per heavy atom. The number of hydrogen-bond donors (Lipinski definition) is 0. The van der Waals surface area contributed by atoms with Gasteiger partial charge in [-0.3, -0.25) is 4.57 Å². The summed E-state index contributed by atoms with van der Waals surface area (Å²) in [5.41, 5.74) is 0.690. The molecule has 3 heterocycles. The zero-order valence-electron chi connectivity index (χ0n) is 14.7. The number of carbonyl (C=O) groups is 1. The summed E-state index contributed by atoms with van der Waals surface area (Å²) in [6.45, 7) is 0. The Morgan fingerprint density at radius 1 is 1.18 bits per heavy atom. The lowest BCUT2D eigenvalue weighted by atomic mass is 10.3. The highest BCUT2D eigenvalue weighted by Gasteiger charge is 2.19. The van der Waals surface area contributed by atoms with E-state index >= 15 is 0 Å². The average Bonchev–Trinajstić information content (AvgIpc) is 3.46. The monoisotopic (exact) mass is 399 g/mol. The fourth-order valence-corrected chi connectivity index (χ4v) is 3.40. The summed E-state index contributed by atoms with van der Waals surface area (Å²) in [4.78, 5) is 11.5. The minimum atomic E-state index is -0.536. The lowest BCUT2D eigenvalue weighted by Gasteiger charge is -2.08. The maximum absolute atomic E-state index is 13.4. The molecule has 0 fully saturated rings. The van der Waals surface area contributed by atoms with E-state index in [2.05, 4.69) is 14.9 Å². The molecule has 3 aromatic heterocycles. The highest BCUT2D eigenvalue weighted by Crippen LogP contribution is 2.30. The lowest BCUT2D eigenvalue weighted by Crippen LogP contribution is -1.99. The van der Waals surface area contributed by atoms with Gasteiger partial charge in [0.15, 0.2) is 10.9 Å². The Morgan fingerprint density at radius 2 is 2.00 bits per heavy atom. The van der Waals surface area contributed by atoms with Gasteiger partial charge in [0.2, 0.25) is 11.6 Å². The average molecular weight is 399 g/mol. The van der Waals surface area contributed by atoms with Crippen molar-refractivity contribution in [2.24, 2.45) is 0 Å². The summed E-state index contributed by atoms with van der Waals surface area (Å²) >= 11 is 1.36. The molecule has 1 aromatic carbocycles. The number of carbonyl (C=O) groups excluding carboxylic acids is 1. The second-order valence-corrected chi connectivity index (χ2v) is 6.58. The van der Waals surface area contributed by atoms with E-state index in [-0.39, 0.29) is 11.6 Å². The van der Waals surface area contributed by atoms with Gasteiger partial charge in [-0.1, -0.05) is 11.8 Å². The van der Waals surface area contributed by atoms with Crippen LogP contribution in [-0.2, 0) is 10.5 Å². The Labute approximate surface area is 163 Å². The van der Waals surface area contributed by atoms with Crippen molar-refractivity contribution in [3.63, 3.8) is 0 Å². The minimum Gasteiger partial charge on any atom is -0.463 e. The molecule has 4 aromatic rings. The molecular formula is C19H14FN3O4S. The van der Waals surface area contributed by atoms with Crippen LogP contribution in [0.25, 0.3) is 17.3 Å². The van der Waals surface area contributed by atoms with Crippen LogP contribution in [0.3, 0.4) is 0 Å². The number of benzene rings is 1. The molecule has 0 aliphatic carbocycles. The van der Waals surface area contributed by atoms with Crippen molar-refractivity contribution in [3.05, 3.63) is 72.1 Å². The molecule has 0 N–H and O–H groups in total. The number of ether oxygens (including phenoxy) is 1. The third-order valence-corrected chi connectivity index (χ3v) is 4.80. The molecular weight excluding hydrogens is 385 g/mol. The molecule has 142 valence electrons. The number of aromatic nitrogens is 3. The summed E-state index contributed by atoms with van der Waals surface area (Å²) in [5, 5.41) is 9.01. The number of thioether (sulfide) groups is 1. The number of halogens is 1. The van der Waals surface area contributed by atoms with Crippen LogP contribution >= 0.6 is 11.8 Å². The van der Waals surface area contributed by atoms with Crippen molar-refractivity contribution in [1.29, 1.82) is 0 Å². The first kappa shape index (κ1) is 18.1. The third-order valence-electron chi connectivity index (χ3n) is 3.85. The van der Waals surface area contributed by atoms with Crippen molar-refractivity contribution in [1.82, 2.24) is 14.8 Å². The first-order valence-electron chi connectivity index (χ1n) is 8.21. The number of rotatable bonds is 6. The molecule has 0 radical (unpaired) electrons. The van der Waals surface area contributed by atoms with Gasteiger partial charge in [0, 0.05) is 0 Å². The molecule has 28 heavy (non-hydrogen) atoms. The highest BCUT2D eigenvalue weighted by molar-refractivity contribution is 7.98. The predicted octanol–water partition coefficient (Wildman–Crippen LogP) is 4.34. The van der Waals surface area contributed by atoms with Crippen LogP contribution in [0.2, 0.25) is 0 Å². The van der Waals surface area contributed by atoms with Gasteiger partial charge >= 0.3 is 5.97 Å². The van der Waals surface area contributed by atoms with Crippen LogP contribution in [0, 0.1) is 5.82 Å². The van der Waals surface area contributed by atoms with Crippen molar-refractivity contribution in [3.8, 4) is 17.3 Å². The number of nitrogens with zero attached hydrogens (tertiary/aromatic N) is 3. The zero-order valence-corrected chi connectivity index (χ0v) is 15.5. The molecule has 0 saturated carbocycles. The van der Waals surface area contributed by atoms with Gasteiger partial charge in [0.25, 0.3) is 0 Å². The molecule has 0 spiro atoms. The molecule has 0 saturated heterocycles. The number of furan rings is 2. The fraction of sp³-hybridized carbons (Fsp3) is 0.105. The van der Waals surface area contributed by atoms with Gasteiger partial charge in [-0.15, -0.1) is 10.2 Å². The molecule has 4 rings (SSSR count). The first-order chi connectivity index (χ1) is 13.7. The summed E-state index contributed by atoms with van der Waals surface area (Å²) in [6.07, 6.45) is 1.54. The van der Waals surface area contributed by atoms with Crippen LogP contribution in [0.5, 0.6) is 0 Å². The predicted molar refractivity (Wildman–Crippen MR) is 98.6 cm³/mol. The van der Waals surface area contributed by atoms with Crippen molar-refractivity contribution in [2.75, 3.05) is 7.11 Å². The van der Waals surface area contributed by atoms with E-state index < -0.39 is 5.97 Å². The SMILES string of the molecule is COC(=O)c1ccc(CSc2nnc(-c3ccco3)n2-c2ccc(F)cc2)o1. The van der Waals surface area contributed by atoms with E-state index in [9.17, 15) is 9.18 Å². The van der Waals surface area contributed by atoms with Crippen molar-refractivity contribution >= 4 is 17.7 Å². The number of hydrogen-bond acceptors (Lipinski definition) is 7. The second kappa shape index (κ2) is 7.73. The standard InChI is InChI=1S/C19H14FN3O4S/c1-25-18(24)16-9-8-14(27-16)11-28-19-22-21-17(15-3-2-10-26-15)23(19)13-6-4-12(20)5-7-13/h2-10H,11H2,1H3. The first-order valence-corrected chi connectivity index (χ1v) is 9.19. The molecule has 7 nitrogen and oxygen atoms in total. The van der Waals surface area contributed by atoms with Gasteiger partial charge in [-0.05, 0) is 48.5 Å². The Hall–Kier alpha value is -3.33. The van der Waals surface area contributed by atoms with Crippen LogP contribution in [0.1, 0.15) is 16.3 Å². The molecule has 0 atom stereocenters. The topological polar surface area (TPSA) is 83.3 Å². The third kappa shape index (κ3) is 3.56. The van der Waals surface area contributed by atoms with E-state index in [1.807, 2.05) is 0 Å². The minimum absolute atomic E-state index is 0.134. The summed E-state index contributed by atoms with van der Waals surface area (Å²) in [7, 11) is 1.29. The van der Waals surface area contributed by atoms with Gasteiger partial charge in [0.05, 0.1) is 24.8 Å². The van der Waals surface area contributed by atoms with Crippen LogP contribution < -0.4 is 0 Å². The quantitative estimate of drug-likeness (QED) is 0.352. The van der Waals surface area contributed by atoms with Crippen LogP contribution in [0.4, 0.5) is 4.39 Å². The lowest BCUT2D eigenvalue weighted by molar-refractivity contribution is 0.0563. The summed E-state index contributed by atoms with van der Waals surface area (Å²) in [5.74, 6) is 1.29. The molecule has 0 aliphatic rings. The Balaban J connectivity index is 1.64. The van der Waals surface area contributed by atoms with E-state index in [4.69, 9.17) is 8.83 Å². The maximum atomic E-state index is 13.4. The maximum Gasteiger partial charge on any atom is 0.373 e. The summed E-state index contributed by atoms with van der Waals surface area (Å²) < 4.78 is 30.7. The number of esters is 1. The zero-order chi connectivity index (χ0) is 19.5. The van der Waals surface area contributed by atoms with Crippen LogP contribution in [0.15, 0.2) is 68.8 Å². The normalized spacial score (nSPS) is 10.9. The van der Waals surface area contributed by atoms with Crippen molar-refractivity contribution < 1.29 is 22.8 Å². The second-order valence-electron chi connectivity index (χ2n) is 5.64. The smallest absolute Gasteiger partial charge is 0.373 e. The Kier molecular flexibility index (Phi) is 4.98. The van der Waals surface area contributed by atoms with E-state index in [1.54, 1.807) is 47.2 Å². The largest absolute Gasteiger partial charge is 0.463 e. The molecule has 9 heteroatoms. The Bertz CT molecular complexity index is 1090. The molecule has 0 bridgehead atoms. The number of methoxy groups -OCH3 is 1. The van der Waals surface area contributed by atoms with Crippen molar-refractivity contribution in [2.45, 2.75) is 10.9 Å². The van der Waals surface area contributed by atoms with E-state index in [0.717, 1.165) is 0 Å². The van der Waals surface area contributed by atoms with Crippen LogP contribution in [-0.4, -0.2) is 27.8 Å². The van der Waals surface area contributed by atoms with Gasteiger partial charge < -0.3 is 13.6 Å². The van der Waals surface area contributed by atoms with Gasteiger partial charge in [-0.2, -0.15) is 0 Å². The fourth-order valence-electron chi connectivity index (χ4n) is 2.55. The highest BCUT2D eigenvalue weighted by atomic mass is 32.2. The molecule has 0 unspecified atom stereocenters. The van der Waals surface area contributed by atoms with E-state index in [1.165, 1.54) is 31.0 Å².